The van der Waals surface area contributed by atoms with Crippen LogP contribution in [0.25, 0.3) is 11.3 Å². The first-order valence-electron chi connectivity index (χ1n) is 7.27. The molecule has 0 aliphatic heterocycles. The summed E-state index contributed by atoms with van der Waals surface area (Å²) in [7, 11) is 1.37. The predicted molar refractivity (Wildman–Crippen MR) is 94.1 cm³/mol. The minimum Gasteiger partial charge on any atom is -0.359 e. The number of Topliss-reactive ketones (excluding diaryl/α,β-unsaturated/α-hetero) is 1. The molecule has 1 heterocycles. The van der Waals surface area contributed by atoms with Crippen molar-refractivity contribution >= 4 is 39.8 Å². The van der Waals surface area contributed by atoms with Crippen LogP contribution in [0.1, 0.15) is 23.0 Å². The molecule has 0 saturated heterocycles. The molecule has 0 amide bonds. The first-order valence-corrected chi connectivity index (χ1v) is 9.64. The first kappa shape index (κ1) is 18.5. The van der Waals surface area contributed by atoms with E-state index in [9.17, 15) is 9.00 Å². The largest absolute Gasteiger partial charge is 0.359 e. The molecule has 1 aromatic heterocycles. The zero-order chi connectivity index (χ0) is 18.4. The third-order valence-electron chi connectivity index (χ3n) is 4.24. The number of benzene rings is 1. The third kappa shape index (κ3) is 2.84. The first-order chi connectivity index (χ1) is 11.9. The summed E-state index contributed by atoms with van der Waals surface area (Å²) in [6.07, 6.45) is 1.46. The van der Waals surface area contributed by atoms with E-state index in [4.69, 9.17) is 37.2 Å². The lowest BCUT2D eigenvalue weighted by Gasteiger charge is -2.34. The van der Waals surface area contributed by atoms with Crippen LogP contribution in [0.3, 0.4) is 0 Å². The second-order valence-corrected chi connectivity index (χ2v) is 7.94. The maximum Gasteiger partial charge on any atom is 0.261 e. The Hall–Kier alpha value is -1.25. The highest BCUT2D eigenvalue weighted by molar-refractivity contribution is 7.84. The highest BCUT2D eigenvalue weighted by Crippen LogP contribution is 2.48. The maximum absolute atomic E-state index is 12.8. The molecular weight excluding hydrogens is 389 g/mol. The van der Waals surface area contributed by atoms with Gasteiger partial charge in [-0.3, -0.25) is 9.00 Å². The smallest absolute Gasteiger partial charge is 0.261 e. The Balaban J connectivity index is 2.32. The summed E-state index contributed by atoms with van der Waals surface area (Å²) in [6.45, 7) is 0. The van der Waals surface area contributed by atoms with Gasteiger partial charge in [-0.25, -0.2) is 0 Å². The van der Waals surface area contributed by atoms with Gasteiger partial charge in [-0.1, -0.05) is 28.4 Å². The number of hydrogen-bond acceptors (Lipinski definition) is 6. The number of nitrogens with zero attached hydrogens (tertiary/aromatic N) is 1. The Kier molecular flexibility index (Phi) is 5.05. The van der Waals surface area contributed by atoms with E-state index in [2.05, 4.69) is 5.16 Å². The van der Waals surface area contributed by atoms with Crippen LogP contribution in [0.15, 0.2) is 22.7 Å². The summed E-state index contributed by atoms with van der Waals surface area (Å²) in [5.74, 6) is -1.76. The average molecular weight is 404 g/mol. The molecule has 9 heteroatoms. The van der Waals surface area contributed by atoms with Gasteiger partial charge in [-0.05, 0) is 18.2 Å². The Morgan fingerprint density at radius 2 is 2.00 bits per heavy atom. The van der Waals surface area contributed by atoms with Crippen LogP contribution in [0.5, 0.6) is 0 Å². The van der Waals surface area contributed by atoms with Crippen LogP contribution in [0.4, 0.5) is 0 Å². The van der Waals surface area contributed by atoms with Crippen LogP contribution < -0.4 is 0 Å². The fourth-order valence-electron chi connectivity index (χ4n) is 3.02. The average Bonchev–Trinajstić information content (AvgIpc) is 3.00. The summed E-state index contributed by atoms with van der Waals surface area (Å²) in [5, 5.41) is 4.22. The van der Waals surface area contributed by atoms with Crippen LogP contribution in [0, 0.1) is 0 Å². The molecule has 2 aromatic rings. The number of fused-ring (bicyclic) bond motifs is 1. The second-order valence-electron chi connectivity index (χ2n) is 5.53. The number of methoxy groups -OCH3 is 2. The van der Waals surface area contributed by atoms with E-state index >= 15 is 0 Å². The molecule has 1 aliphatic carbocycles. The Morgan fingerprint density at radius 1 is 1.32 bits per heavy atom. The van der Waals surface area contributed by atoms with Gasteiger partial charge in [-0.2, -0.15) is 0 Å². The van der Waals surface area contributed by atoms with Gasteiger partial charge in [0.25, 0.3) is 5.79 Å². The lowest BCUT2D eigenvalue weighted by atomic mass is 9.86. The van der Waals surface area contributed by atoms with E-state index in [1.54, 1.807) is 18.2 Å². The molecule has 0 radical (unpaired) electrons. The molecule has 134 valence electrons. The number of ether oxygens (including phenoxy) is 2. The molecule has 2 unspecified atom stereocenters. The molecule has 0 spiro atoms. The van der Waals surface area contributed by atoms with Crippen LogP contribution >= 0.6 is 23.2 Å². The van der Waals surface area contributed by atoms with Crippen molar-refractivity contribution in [3.63, 3.8) is 0 Å². The quantitative estimate of drug-likeness (QED) is 0.726. The molecular formula is C16H15Cl2NO5S. The van der Waals surface area contributed by atoms with E-state index in [1.165, 1.54) is 20.5 Å². The topological polar surface area (TPSA) is 78.6 Å². The normalized spacial score (nSPS) is 20.4. The van der Waals surface area contributed by atoms with Gasteiger partial charge in [0, 0.05) is 48.3 Å². The number of rotatable bonds is 4. The zero-order valence-electron chi connectivity index (χ0n) is 13.7. The monoisotopic (exact) mass is 403 g/mol. The van der Waals surface area contributed by atoms with Crippen LogP contribution in [-0.2, 0) is 30.9 Å². The molecule has 1 aliphatic rings. The molecule has 0 saturated carbocycles. The van der Waals surface area contributed by atoms with Gasteiger partial charge in [-0.15, -0.1) is 0 Å². The van der Waals surface area contributed by atoms with Crippen molar-refractivity contribution in [3.8, 4) is 11.3 Å². The molecule has 1 aromatic carbocycles. The SMILES string of the molecule is COC1(OC)C(=O)CC(S(C)=O)c2onc(-c3ccc(Cl)cc3Cl)c21. The van der Waals surface area contributed by atoms with E-state index in [1.807, 2.05) is 0 Å². The van der Waals surface area contributed by atoms with Gasteiger partial charge in [0.2, 0.25) is 0 Å². The van der Waals surface area contributed by atoms with Gasteiger partial charge < -0.3 is 14.0 Å². The Bertz CT molecular complexity index is 862. The summed E-state index contributed by atoms with van der Waals surface area (Å²) >= 11 is 12.2. The van der Waals surface area contributed by atoms with Crippen molar-refractivity contribution in [3.05, 3.63) is 39.6 Å². The fraction of sp³-hybridized carbons (Fsp3) is 0.375. The van der Waals surface area contributed by atoms with E-state index in [0.717, 1.165) is 0 Å². The van der Waals surface area contributed by atoms with E-state index in [0.29, 0.717) is 27.1 Å². The van der Waals surface area contributed by atoms with Crippen molar-refractivity contribution in [1.82, 2.24) is 5.16 Å². The lowest BCUT2D eigenvalue weighted by molar-refractivity contribution is -0.216. The molecule has 3 rings (SSSR count). The van der Waals surface area contributed by atoms with E-state index in [-0.39, 0.29) is 17.8 Å². The Morgan fingerprint density at radius 3 is 2.56 bits per heavy atom. The predicted octanol–water partition coefficient (Wildman–Crippen LogP) is 3.49. The molecule has 0 N–H and O–H groups in total. The number of aromatic nitrogens is 1. The molecule has 6 nitrogen and oxygen atoms in total. The molecule has 0 bridgehead atoms. The minimum atomic E-state index is -1.69. The second kappa shape index (κ2) is 6.81. The number of carbonyl (C=O) groups excluding carboxylic acids is 1. The van der Waals surface area contributed by atoms with E-state index < -0.39 is 21.8 Å². The highest BCUT2D eigenvalue weighted by atomic mass is 35.5. The van der Waals surface area contributed by atoms with Crippen molar-refractivity contribution in [2.45, 2.75) is 17.5 Å². The van der Waals surface area contributed by atoms with Crippen molar-refractivity contribution in [1.29, 1.82) is 0 Å². The molecule has 0 fully saturated rings. The summed E-state index contributed by atoms with van der Waals surface area (Å²) in [4.78, 5) is 12.8. The number of ketones is 1. The van der Waals surface area contributed by atoms with Crippen LogP contribution in [-0.4, -0.2) is 35.6 Å². The van der Waals surface area contributed by atoms with Crippen molar-refractivity contribution < 1.29 is 23.0 Å². The van der Waals surface area contributed by atoms with Gasteiger partial charge in [0.05, 0.1) is 10.6 Å². The summed E-state index contributed by atoms with van der Waals surface area (Å²) < 4.78 is 28.4. The molecule has 2 atom stereocenters. The van der Waals surface area contributed by atoms with Gasteiger partial charge in [0.15, 0.2) is 11.5 Å². The standard InChI is InChI=1S/C16H15Cl2NO5S/c1-22-16(23-2)12(20)7-11(25(3)21)15-13(16)14(19-24-15)9-5-4-8(17)6-10(9)18/h4-6,11H,7H2,1-3H3. The van der Waals surface area contributed by atoms with Crippen molar-refractivity contribution in [2.75, 3.05) is 20.5 Å². The minimum absolute atomic E-state index is 0.0409. The Labute approximate surface area is 156 Å². The summed E-state index contributed by atoms with van der Waals surface area (Å²) in [6, 6.07) is 4.86. The molecule has 25 heavy (non-hydrogen) atoms. The fourth-order valence-corrected chi connectivity index (χ4v) is 4.37. The number of hydrogen-bond donors (Lipinski definition) is 0. The van der Waals surface area contributed by atoms with Crippen molar-refractivity contribution in [2.24, 2.45) is 0 Å². The highest BCUT2D eigenvalue weighted by Gasteiger charge is 2.53. The van der Waals surface area contributed by atoms with Gasteiger partial charge in [0.1, 0.15) is 10.9 Å². The number of halogens is 2. The third-order valence-corrected chi connectivity index (χ3v) is 5.97. The summed E-state index contributed by atoms with van der Waals surface area (Å²) in [5.41, 5.74) is 1.09. The number of carbonyl (C=O) groups is 1. The zero-order valence-corrected chi connectivity index (χ0v) is 16.0. The maximum atomic E-state index is 12.8. The lowest BCUT2D eigenvalue weighted by Crippen LogP contribution is -2.45. The van der Waals surface area contributed by atoms with Crippen LogP contribution in [0.2, 0.25) is 10.0 Å². The van der Waals surface area contributed by atoms with Gasteiger partial charge >= 0.3 is 0 Å².